The molecule has 0 unspecified atom stereocenters. The van der Waals surface area contributed by atoms with Gasteiger partial charge >= 0.3 is 0 Å². The van der Waals surface area contributed by atoms with Crippen LogP contribution in [0.1, 0.15) is 113 Å². The molecule has 4 nitrogen and oxygen atoms in total. The lowest BCUT2D eigenvalue weighted by Crippen LogP contribution is -2.14. The molecule has 40 heavy (non-hydrogen) atoms. The minimum Gasteiger partial charge on any atom is -0.492 e. The Balaban J connectivity index is 0.00000560. The molecule has 0 radical (unpaired) electrons. The zero-order valence-corrected chi connectivity index (χ0v) is 27.5. The highest BCUT2D eigenvalue weighted by molar-refractivity contribution is 8.93. The SMILES string of the molecule is Br.CCCCCCCCCCCCCCCCOc1ccc(NC(=O)c2ccc(CN3C=CSC3)cc2)cc1Cl. The quantitative estimate of drug-likeness (QED) is 0.145. The van der Waals surface area contributed by atoms with Crippen LogP contribution >= 0.6 is 40.3 Å². The maximum absolute atomic E-state index is 12.7. The smallest absolute Gasteiger partial charge is 0.255 e. The van der Waals surface area contributed by atoms with Gasteiger partial charge in [-0.15, -0.1) is 28.7 Å². The molecule has 1 heterocycles. The van der Waals surface area contributed by atoms with Gasteiger partial charge in [-0.1, -0.05) is 114 Å². The summed E-state index contributed by atoms with van der Waals surface area (Å²) >= 11 is 8.22. The van der Waals surface area contributed by atoms with Crippen molar-refractivity contribution in [3.8, 4) is 5.75 Å². The zero-order valence-electron chi connectivity index (χ0n) is 24.2. The van der Waals surface area contributed by atoms with Crippen LogP contribution in [0.5, 0.6) is 5.75 Å². The monoisotopic (exact) mass is 650 g/mol. The number of unbranched alkanes of at least 4 members (excludes halogenated alkanes) is 13. The second-order valence-electron chi connectivity index (χ2n) is 10.6. The van der Waals surface area contributed by atoms with Crippen LogP contribution in [0, 0.1) is 0 Å². The van der Waals surface area contributed by atoms with Crippen molar-refractivity contribution in [3.05, 3.63) is 70.2 Å². The summed E-state index contributed by atoms with van der Waals surface area (Å²) < 4.78 is 5.90. The zero-order chi connectivity index (χ0) is 27.5. The number of thioether (sulfide) groups is 1. The number of hydrogen-bond acceptors (Lipinski definition) is 4. The Morgan fingerprint density at radius 1 is 0.875 bits per heavy atom. The Labute approximate surface area is 262 Å². The average Bonchev–Trinajstić information content (AvgIpc) is 3.45. The normalized spacial score (nSPS) is 12.4. The van der Waals surface area contributed by atoms with Crippen LogP contribution in [0.3, 0.4) is 0 Å². The summed E-state index contributed by atoms with van der Waals surface area (Å²) in [5.74, 6) is 1.50. The molecule has 1 aliphatic heterocycles. The molecular formula is C33H48BrClN2O2S. The number of nitrogens with one attached hydrogen (secondary N) is 1. The van der Waals surface area contributed by atoms with Gasteiger partial charge in [0.25, 0.3) is 5.91 Å². The van der Waals surface area contributed by atoms with Gasteiger partial charge in [0.2, 0.25) is 0 Å². The number of rotatable bonds is 20. The molecule has 0 fully saturated rings. The van der Waals surface area contributed by atoms with Gasteiger partial charge < -0.3 is 15.0 Å². The molecule has 3 rings (SSSR count). The van der Waals surface area contributed by atoms with E-state index in [-0.39, 0.29) is 22.9 Å². The van der Waals surface area contributed by atoms with Crippen molar-refractivity contribution in [1.29, 1.82) is 0 Å². The first-order valence-corrected chi connectivity index (χ1v) is 16.4. The van der Waals surface area contributed by atoms with E-state index in [1.165, 1.54) is 89.0 Å². The van der Waals surface area contributed by atoms with Crippen LogP contribution in [0.15, 0.2) is 54.1 Å². The number of carbonyl (C=O) groups excluding carboxylic acids is 1. The molecule has 0 bridgehead atoms. The largest absolute Gasteiger partial charge is 0.492 e. The number of halogens is 2. The van der Waals surface area contributed by atoms with Crippen molar-refractivity contribution in [3.63, 3.8) is 0 Å². The van der Waals surface area contributed by atoms with Crippen molar-refractivity contribution in [2.75, 3.05) is 17.8 Å². The highest BCUT2D eigenvalue weighted by Crippen LogP contribution is 2.28. The lowest BCUT2D eigenvalue weighted by molar-refractivity contribution is 0.102. The molecule has 222 valence electrons. The number of nitrogens with zero attached hydrogens (tertiary/aromatic N) is 1. The van der Waals surface area contributed by atoms with E-state index in [4.69, 9.17) is 16.3 Å². The highest BCUT2D eigenvalue weighted by Gasteiger charge is 2.10. The van der Waals surface area contributed by atoms with E-state index < -0.39 is 0 Å². The summed E-state index contributed by atoms with van der Waals surface area (Å²) in [5.41, 5.74) is 2.47. The molecule has 0 saturated carbocycles. The van der Waals surface area contributed by atoms with E-state index in [2.05, 4.69) is 28.7 Å². The highest BCUT2D eigenvalue weighted by atomic mass is 79.9. The van der Waals surface area contributed by atoms with Crippen LogP contribution in [0.2, 0.25) is 5.02 Å². The van der Waals surface area contributed by atoms with Gasteiger partial charge in [-0.3, -0.25) is 4.79 Å². The molecule has 1 amide bonds. The van der Waals surface area contributed by atoms with E-state index in [0.29, 0.717) is 28.6 Å². The lowest BCUT2D eigenvalue weighted by Gasteiger charge is -2.14. The standard InChI is InChI=1S/C33H47ClN2O2S.BrH/c1-2-3-4-5-6-7-8-9-10-11-12-13-14-15-23-38-32-21-20-30(25-31(32)34)35-33(37)29-18-16-28(17-19-29)26-36-22-24-39-27-36;/h16-22,24-25H,2-15,23,26-27H2,1H3,(H,35,37);1H. The summed E-state index contributed by atoms with van der Waals surface area (Å²) in [5, 5.41) is 5.56. The third-order valence-electron chi connectivity index (χ3n) is 7.16. The van der Waals surface area contributed by atoms with Gasteiger partial charge in [-0.25, -0.2) is 0 Å². The fraction of sp³-hybridized carbons (Fsp3) is 0.545. The molecule has 0 saturated heterocycles. The number of amides is 1. The molecule has 0 aliphatic carbocycles. The van der Waals surface area contributed by atoms with Crippen molar-refractivity contribution in [2.24, 2.45) is 0 Å². The summed E-state index contributed by atoms with van der Waals surface area (Å²) in [6, 6.07) is 13.2. The first kappa shape index (κ1) is 34.6. The molecule has 7 heteroatoms. The Morgan fingerprint density at radius 2 is 1.48 bits per heavy atom. The second kappa shape index (κ2) is 21.1. The summed E-state index contributed by atoms with van der Waals surface area (Å²) in [4.78, 5) is 14.9. The first-order valence-electron chi connectivity index (χ1n) is 15.0. The van der Waals surface area contributed by atoms with Gasteiger partial charge in [0.1, 0.15) is 5.75 Å². The van der Waals surface area contributed by atoms with Gasteiger partial charge in [0.05, 0.1) is 17.5 Å². The molecule has 0 spiro atoms. The predicted octanol–water partition coefficient (Wildman–Crippen LogP) is 11.0. The van der Waals surface area contributed by atoms with Crippen LogP contribution in [0.25, 0.3) is 0 Å². The first-order chi connectivity index (χ1) is 19.2. The molecule has 0 aromatic heterocycles. The van der Waals surface area contributed by atoms with Crippen LogP contribution in [-0.2, 0) is 6.54 Å². The van der Waals surface area contributed by atoms with Gasteiger partial charge in [0.15, 0.2) is 0 Å². The van der Waals surface area contributed by atoms with Crippen LogP contribution < -0.4 is 10.1 Å². The van der Waals surface area contributed by atoms with Gasteiger partial charge in [0, 0.05) is 24.0 Å². The van der Waals surface area contributed by atoms with E-state index in [1.54, 1.807) is 17.8 Å². The topological polar surface area (TPSA) is 41.6 Å². The maximum atomic E-state index is 12.7. The van der Waals surface area contributed by atoms with Gasteiger partial charge in [-0.2, -0.15) is 0 Å². The molecule has 2 aromatic rings. The molecule has 0 atom stereocenters. The Kier molecular flexibility index (Phi) is 18.3. The van der Waals surface area contributed by atoms with Crippen LogP contribution in [-0.4, -0.2) is 23.3 Å². The number of carbonyl (C=O) groups is 1. The Morgan fingerprint density at radius 3 is 2.02 bits per heavy atom. The Hall–Kier alpha value is -1.63. The third kappa shape index (κ3) is 13.8. The van der Waals surface area contributed by atoms with Crippen molar-refractivity contribution >= 4 is 51.9 Å². The fourth-order valence-electron chi connectivity index (χ4n) is 4.78. The van der Waals surface area contributed by atoms with Gasteiger partial charge in [-0.05, 0) is 47.7 Å². The average molecular weight is 652 g/mol. The summed E-state index contributed by atoms with van der Waals surface area (Å²) in [7, 11) is 0. The van der Waals surface area contributed by atoms with Crippen molar-refractivity contribution in [1.82, 2.24) is 4.90 Å². The Bertz CT molecular complexity index is 1000. The van der Waals surface area contributed by atoms with E-state index in [9.17, 15) is 4.79 Å². The van der Waals surface area contributed by atoms with E-state index in [0.717, 1.165) is 18.8 Å². The minimum atomic E-state index is -0.148. The summed E-state index contributed by atoms with van der Waals surface area (Å²) in [6.07, 6.45) is 20.9. The van der Waals surface area contributed by atoms with E-state index >= 15 is 0 Å². The van der Waals surface area contributed by atoms with Crippen LogP contribution in [0.4, 0.5) is 5.69 Å². The fourth-order valence-corrected chi connectivity index (χ4v) is 5.73. The molecule has 2 aromatic carbocycles. The number of anilines is 1. The molecule has 1 N–H and O–H groups in total. The molecule has 1 aliphatic rings. The maximum Gasteiger partial charge on any atom is 0.255 e. The van der Waals surface area contributed by atoms with Crippen molar-refractivity contribution < 1.29 is 9.53 Å². The molecular weight excluding hydrogens is 604 g/mol. The number of hydrogen-bond donors (Lipinski definition) is 1. The third-order valence-corrected chi connectivity index (χ3v) is 8.25. The van der Waals surface area contributed by atoms with Crippen molar-refractivity contribution in [2.45, 2.75) is 103 Å². The summed E-state index contributed by atoms with van der Waals surface area (Å²) in [6.45, 7) is 3.80. The minimum absolute atomic E-state index is 0. The predicted molar refractivity (Wildman–Crippen MR) is 179 cm³/mol. The lowest BCUT2D eigenvalue weighted by atomic mass is 10.0. The number of benzene rings is 2. The second-order valence-corrected chi connectivity index (χ2v) is 11.8. The van der Waals surface area contributed by atoms with E-state index in [1.807, 2.05) is 36.4 Å². The number of ether oxygens (including phenoxy) is 1.